The number of alkyl halides is 3. The summed E-state index contributed by atoms with van der Waals surface area (Å²) in [6, 6.07) is 4.05. The fraction of sp³-hybridized carbons (Fsp3) is 0.455. The molecule has 1 aliphatic rings. The summed E-state index contributed by atoms with van der Waals surface area (Å²) < 4.78 is 43.4. The minimum absolute atomic E-state index is 0.119. The largest absolute Gasteiger partial charge is 0.472 e. The van der Waals surface area contributed by atoms with Crippen LogP contribution < -0.4 is 10.5 Å². The van der Waals surface area contributed by atoms with Crippen molar-refractivity contribution in [2.45, 2.75) is 31.7 Å². The predicted molar refractivity (Wildman–Crippen MR) is 53.0 cm³/mol. The van der Waals surface area contributed by atoms with Gasteiger partial charge in [-0.05, 0) is 25.0 Å². The zero-order valence-electron chi connectivity index (χ0n) is 8.77. The third-order valence-corrected chi connectivity index (χ3v) is 2.63. The van der Waals surface area contributed by atoms with E-state index in [1.807, 2.05) is 0 Å². The molecule has 5 heteroatoms. The Morgan fingerprint density at radius 2 is 2.06 bits per heavy atom. The number of aryl methyl sites for hydroxylation is 1. The van der Waals surface area contributed by atoms with E-state index in [4.69, 9.17) is 10.5 Å². The van der Waals surface area contributed by atoms with Gasteiger partial charge in [0.25, 0.3) is 0 Å². The van der Waals surface area contributed by atoms with Gasteiger partial charge in [0, 0.05) is 6.42 Å². The Balaban J connectivity index is 2.51. The van der Waals surface area contributed by atoms with Crippen LogP contribution >= 0.6 is 0 Å². The van der Waals surface area contributed by atoms with E-state index in [0.29, 0.717) is 18.4 Å². The monoisotopic (exact) mass is 231 g/mol. The number of hydrogen-bond acceptors (Lipinski definition) is 2. The molecule has 0 spiro atoms. The first-order valence-electron chi connectivity index (χ1n) is 4.96. The summed E-state index contributed by atoms with van der Waals surface area (Å²) >= 11 is 0. The first-order valence-corrected chi connectivity index (χ1v) is 4.96. The quantitative estimate of drug-likeness (QED) is 0.745. The lowest BCUT2D eigenvalue weighted by atomic mass is 9.97. The van der Waals surface area contributed by atoms with Gasteiger partial charge in [-0.2, -0.15) is 13.2 Å². The molecule has 2 rings (SSSR count). The normalized spacial score (nSPS) is 24.8. The highest BCUT2D eigenvalue weighted by Gasteiger charge is 2.38. The van der Waals surface area contributed by atoms with E-state index in [9.17, 15) is 13.2 Å². The molecule has 1 heterocycles. The standard InChI is InChI=1S/C11H12F3NO/c1-10(15)6-5-7-3-2-4-8(9(7)16-10)11(12,13)14/h2-4H,5-6,15H2,1H3. The minimum Gasteiger partial charge on any atom is -0.472 e. The Hall–Kier alpha value is -1.23. The van der Waals surface area contributed by atoms with E-state index >= 15 is 0 Å². The van der Waals surface area contributed by atoms with E-state index < -0.39 is 17.5 Å². The van der Waals surface area contributed by atoms with Crippen LogP contribution in [0.15, 0.2) is 18.2 Å². The van der Waals surface area contributed by atoms with Crippen LogP contribution in [0, 0.1) is 0 Å². The Morgan fingerprint density at radius 3 is 2.69 bits per heavy atom. The third kappa shape index (κ3) is 2.00. The molecule has 0 saturated heterocycles. The number of halogens is 3. The molecule has 88 valence electrons. The lowest BCUT2D eigenvalue weighted by Gasteiger charge is -2.33. The van der Waals surface area contributed by atoms with Crippen LogP contribution in [0.2, 0.25) is 0 Å². The van der Waals surface area contributed by atoms with Crippen molar-refractivity contribution >= 4 is 0 Å². The van der Waals surface area contributed by atoms with E-state index in [1.165, 1.54) is 6.07 Å². The Kier molecular flexibility index (Phi) is 2.38. The molecule has 1 aliphatic heterocycles. The van der Waals surface area contributed by atoms with Crippen LogP contribution in [0.5, 0.6) is 5.75 Å². The molecule has 1 atom stereocenters. The van der Waals surface area contributed by atoms with Gasteiger partial charge in [0.15, 0.2) is 5.72 Å². The molecule has 2 N–H and O–H groups in total. The molecule has 0 radical (unpaired) electrons. The van der Waals surface area contributed by atoms with Crippen LogP contribution in [-0.2, 0) is 12.6 Å². The molecular weight excluding hydrogens is 219 g/mol. The maximum atomic E-state index is 12.7. The van der Waals surface area contributed by atoms with E-state index in [1.54, 1.807) is 13.0 Å². The molecule has 1 aromatic carbocycles. The number of para-hydroxylation sites is 1. The lowest BCUT2D eigenvalue weighted by molar-refractivity contribution is -0.140. The molecule has 0 amide bonds. The van der Waals surface area contributed by atoms with Crippen molar-refractivity contribution < 1.29 is 17.9 Å². The average molecular weight is 231 g/mol. The second kappa shape index (κ2) is 3.38. The van der Waals surface area contributed by atoms with Gasteiger partial charge >= 0.3 is 6.18 Å². The van der Waals surface area contributed by atoms with Gasteiger partial charge in [-0.25, -0.2) is 0 Å². The summed E-state index contributed by atoms with van der Waals surface area (Å²) in [4.78, 5) is 0. The zero-order chi connectivity index (χ0) is 12.0. The summed E-state index contributed by atoms with van der Waals surface area (Å²) in [5.74, 6) is -0.119. The van der Waals surface area contributed by atoms with Crippen molar-refractivity contribution in [3.8, 4) is 5.75 Å². The highest BCUT2D eigenvalue weighted by Crippen LogP contribution is 2.42. The summed E-state index contributed by atoms with van der Waals surface area (Å²) in [5.41, 5.74) is 4.51. The molecule has 0 aliphatic carbocycles. The van der Waals surface area contributed by atoms with Crippen molar-refractivity contribution in [2.75, 3.05) is 0 Å². The van der Waals surface area contributed by atoms with Crippen LogP contribution in [0.3, 0.4) is 0 Å². The topological polar surface area (TPSA) is 35.2 Å². The Morgan fingerprint density at radius 1 is 1.38 bits per heavy atom. The number of benzene rings is 1. The number of nitrogens with two attached hydrogens (primary N) is 1. The van der Waals surface area contributed by atoms with Crippen LogP contribution in [0.25, 0.3) is 0 Å². The van der Waals surface area contributed by atoms with Gasteiger partial charge in [0.2, 0.25) is 0 Å². The van der Waals surface area contributed by atoms with E-state index in [0.717, 1.165) is 6.07 Å². The summed E-state index contributed by atoms with van der Waals surface area (Å²) in [6.45, 7) is 1.59. The first-order chi connectivity index (χ1) is 7.30. The fourth-order valence-electron chi connectivity index (χ4n) is 1.79. The summed E-state index contributed by atoms with van der Waals surface area (Å²) in [5, 5.41) is 0. The lowest BCUT2D eigenvalue weighted by Crippen LogP contribution is -2.45. The van der Waals surface area contributed by atoms with E-state index in [2.05, 4.69) is 0 Å². The summed E-state index contributed by atoms with van der Waals surface area (Å²) in [7, 11) is 0. The van der Waals surface area contributed by atoms with Gasteiger partial charge in [-0.3, -0.25) is 5.73 Å². The zero-order valence-corrected chi connectivity index (χ0v) is 8.77. The van der Waals surface area contributed by atoms with Gasteiger partial charge in [0.05, 0.1) is 5.56 Å². The fourth-order valence-corrected chi connectivity index (χ4v) is 1.79. The molecular formula is C11H12F3NO. The van der Waals surface area contributed by atoms with Gasteiger partial charge in [-0.1, -0.05) is 12.1 Å². The van der Waals surface area contributed by atoms with E-state index in [-0.39, 0.29) is 5.75 Å². The van der Waals surface area contributed by atoms with Crippen LogP contribution in [0.4, 0.5) is 13.2 Å². The number of fused-ring (bicyclic) bond motifs is 1. The molecule has 1 unspecified atom stereocenters. The SMILES string of the molecule is CC1(N)CCc2cccc(C(F)(F)F)c2O1. The molecule has 0 fully saturated rings. The van der Waals surface area contributed by atoms with Crippen molar-refractivity contribution in [1.82, 2.24) is 0 Å². The molecule has 1 aromatic rings. The molecule has 0 bridgehead atoms. The highest BCUT2D eigenvalue weighted by molar-refractivity contribution is 5.45. The second-order valence-corrected chi connectivity index (χ2v) is 4.21. The van der Waals surface area contributed by atoms with Gasteiger partial charge < -0.3 is 4.74 Å². The first kappa shape index (κ1) is 11.3. The Labute approximate surface area is 91.2 Å². The van der Waals surface area contributed by atoms with Crippen LogP contribution in [-0.4, -0.2) is 5.72 Å². The van der Waals surface area contributed by atoms with Gasteiger partial charge in [0.1, 0.15) is 5.75 Å². The maximum absolute atomic E-state index is 12.7. The molecule has 0 aromatic heterocycles. The maximum Gasteiger partial charge on any atom is 0.419 e. The van der Waals surface area contributed by atoms with Crippen molar-refractivity contribution in [1.29, 1.82) is 0 Å². The smallest absolute Gasteiger partial charge is 0.419 e. The molecule has 0 saturated carbocycles. The average Bonchev–Trinajstić information content (AvgIpc) is 2.13. The summed E-state index contributed by atoms with van der Waals surface area (Å²) in [6.07, 6.45) is -3.38. The predicted octanol–water partition coefficient (Wildman–Crippen LogP) is 2.71. The number of hydrogen-bond donors (Lipinski definition) is 1. The second-order valence-electron chi connectivity index (χ2n) is 4.21. The van der Waals surface area contributed by atoms with Crippen LogP contribution in [0.1, 0.15) is 24.5 Å². The van der Waals surface area contributed by atoms with Crippen molar-refractivity contribution in [3.05, 3.63) is 29.3 Å². The number of rotatable bonds is 0. The van der Waals surface area contributed by atoms with Gasteiger partial charge in [-0.15, -0.1) is 0 Å². The molecule has 2 nitrogen and oxygen atoms in total. The molecule has 16 heavy (non-hydrogen) atoms. The van der Waals surface area contributed by atoms with Crippen molar-refractivity contribution in [3.63, 3.8) is 0 Å². The third-order valence-electron chi connectivity index (χ3n) is 2.63. The van der Waals surface area contributed by atoms with Crippen molar-refractivity contribution in [2.24, 2.45) is 5.73 Å². The minimum atomic E-state index is -4.40. The Bertz CT molecular complexity index is 412. The number of ether oxygens (including phenoxy) is 1. The highest BCUT2D eigenvalue weighted by atomic mass is 19.4.